The Hall–Kier alpha value is -2.49. The molecule has 0 fully saturated rings. The van der Waals surface area contributed by atoms with E-state index in [9.17, 15) is 4.79 Å². The summed E-state index contributed by atoms with van der Waals surface area (Å²) in [5.74, 6) is 1.41. The van der Waals surface area contributed by atoms with Gasteiger partial charge in [-0.1, -0.05) is 57.2 Å². The van der Waals surface area contributed by atoms with Crippen molar-refractivity contribution >= 4 is 5.91 Å². The summed E-state index contributed by atoms with van der Waals surface area (Å²) in [7, 11) is 1.62. The van der Waals surface area contributed by atoms with E-state index in [-0.39, 0.29) is 11.3 Å². The Morgan fingerprint density at radius 3 is 2.40 bits per heavy atom. The average molecular weight is 341 g/mol. The number of hydrogen-bond acceptors (Lipinski definition) is 3. The van der Waals surface area contributed by atoms with Crippen LogP contribution >= 0.6 is 0 Å². The van der Waals surface area contributed by atoms with Crippen LogP contribution in [0.4, 0.5) is 0 Å². The quantitative estimate of drug-likeness (QED) is 0.777. The number of methoxy groups -OCH3 is 1. The van der Waals surface area contributed by atoms with Crippen molar-refractivity contribution in [2.24, 2.45) is 5.41 Å². The van der Waals surface area contributed by atoms with Crippen LogP contribution in [0.5, 0.6) is 11.5 Å². The predicted octanol–water partition coefficient (Wildman–Crippen LogP) is 4.33. The van der Waals surface area contributed by atoms with E-state index >= 15 is 0 Å². The lowest BCUT2D eigenvalue weighted by Gasteiger charge is -2.21. The van der Waals surface area contributed by atoms with Crippen LogP contribution in [0.1, 0.15) is 38.3 Å². The molecular formula is C21H27NO3. The van der Waals surface area contributed by atoms with Crippen molar-refractivity contribution < 1.29 is 14.3 Å². The number of hydrogen-bond donors (Lipinski definition) is 1. The summed E-state index contributed by atoms with van der Waals surface area (Å²) in [6.07, 6.45) is 0.800. The van der Waals surface area contributed by atoms with Gasteiger partial charge in [-0.15, -0.1) is 0 Å². The summed E-state index contributed by atoms with van der Waals surface area (Å²) >= 11 is 0. The maximum Gasteiger partial charge on any atom is 0.225 e. The van der Waals surface area contributed by atoms with E-state index in [0.717, 1.165) is 17.5 Å². The van der Waals surface area contributed by atoms with E-state index in [1.165, 1.54) is 0 Å². The Labute approximate surface area is 150 Å². The molecule has 4 nitrogen and oxygen atoms in total. The summed E-state index contributed by atoms with van der Waals surface area (Å²) in [6.45, 7) is 6.86. The fourth-order valence-electron chi connectivity index (χ4n) is 2.26. The molecule has 2 aromatic rings. The zero-order chi connectivity index (χ0) is 18.3. The van der Waals surface area contributed by atoms with Gasteiger partial charge in [0.25, 0.3) is 0 Å². The molecule has 0 heterocycles. The third-order valence-electron chi connectivity index (χ3n) is 4.42. The van der Waals surface area contributed by atoms with Crippen molar-refractivity contribution in [1.29, 1.82) is 0 Å². The lowest BCUT2D eigenvalue weighted by molar-refractivity contribution is -0.129. The van der Waals surface area contributed by atoms with Gasteiger partial charge in [-0.3, -0.25) is 4.79 Å². The Kier molecular flexibility index (Phi) is 6.45. The first-order chi connectivity index (χ1) is 12.0. The minimum absolute atomic E-state index is 0.0540. The van der Waals surface area contributed by atoms with Crippen LogP contribution in [0.25, 0.3) is 0 Å². The van der Waals surface area contributed by atoms with E-state index in [1.54, 1.807) is 7.11 Å². The lowest BCUT2D eigenvalue weighted by atomic mass is 9.89. The van der Waals surface area contributed by atoms with Crippen LogP contribution in [0.3, 0.4) is 0 Å². The Morgan fingerprint density at radius 1 is 1.04 bits per heavy atom. The molecule has 2 aromatic carbocycles. The standard InChI is InChI=1S/C21H27NO3/c1-5-21(2,3)20(23)22-14-17-11-12-18(19(13-17)24-4)25-15-16-9-7-6-8-10-16/h6-13H,5,14-15H2,1-4H3,(H,22,23). The molecule has 0 saturated heterocycles. The van der Waals surface area contributed by atoms with Crippen molar-refractivity contribution in [2.75, 3.05) is 7.11 Å². The highest BCUT2D eigenvalue weighted by Gasteiger charge is 2.24. The summed E-state index contributed by atoms with van der Waals surface area (Å²) in [5.41, 5.74) is 1.72. The van der Waals surface area contributed by atoms with Gasteiger partial charge in [0.2, 0.25) is 5.91 Å². The van der Waals surface area contributed by atoms with Gasteiger partial charge in [0.1, 0.15) is 6.61 Å². The number of benzene rings is 2. The van der Waals surface area contributed by atoms with Crippen LogP contribution in [-0.4, -0.2) is 13.0 Å². The summed E-state index contributed by atoms with van der Waals surface area (Å²) in [6, 6.07) is 15.7. The highest BCUT2D eigenvalue weighted by Crippen LogP contribution is 2.29. The molecule has 1 amide bonds. The van der Waals surface area contributed by atoms with Gasteiger partial charge in [0.15, 0.2) is 11.5 Å². The molecule has 0 atom stereocenters. The molecule has 1 N–H and O–H groups in total. The molecule has 25 heavy (non-hydrogen) atoms. The van der Waals surface area contributed by atoms with Gasteiger partial charge in [0.05, 0.1) is 7.11 Å². The van der Waals surface area contributed by atoms with E-state index in [4.69, 9.17) is 9.47 Å². The molecule has 0 spiro atoms. The Balaban J connectivity index is 2.00. The highest BCUT2D eigenvalue weighted by molar-refractivity contribution is 5.81. The second kappa shape index (κ2) is 8.56. The van der Waals surface area contributed by atoms with Crippen molar-refractivity contribution in [3.05, 3.63) is 59.7 Å². The second-order valence-corrected chi connectivity index (χ2v) is 6.68. The number of carbonyl (C=O) groups excluding carboxylic acids is 1. The smallest absolute Gasteiger partial charge is 0.225 e. The van der Waals surface area contributed by atoms with E-state index in [0.29, 0.717) is 24.7 Å². The molecule has 0 aliphatic rings. The molecule has 0 aliphatic heterocycles. The van der Waals surface area contributed by atoms with Crippen molar-refractivity contribution in [3.8, 4) is 11.5 Å². The number of ether oxygens (including phenoxy) is 2. The minimum Gasteiger partial charge on any atom is -0.493 e. The number of nitrogens with one attached hydrogen (secondary N) is 1. The monoisotopic (exact) mass is 341 g/mol. The first-order valence-electron chi connectivity index (χ1n) is 8.58. The van der Waals surface area contributed by atoms with Crippen LogP contribution in [-0.2, 0) is 17.9 Å². The van der Waals surface area contributed by atoms with Crippen molar-refractivity contribution in [1.82, 2.24) is 5.32 Å². The average Bonchev–Trinajstić information content (AvgIpc) is 2.65. The lowest BCUT2D eigenvalue weighted by Crippen LogP contribution is -2.35. The fourth-order valence-corrected chi connectivity index (χ4v) is 2.26. The number of amides is 1. The molecule has 0 aromatic heterocycles. The topological polar surface area (TPSA) is 47.6 Å². The normalized spacial score (nSPS) is 11.0. The molecule has 0 radical (unpaired) electrons. The summed E-state index contributed by atoms with van der Waals surface area (Å²) in [5, 5.41) is 2.98. The van der Waals surface area contributed by atoms with Crippen LogP contribution < -0.4 is 14.8 Å². The van der Waals surface area contributed by atoms with Gasteiger partial charge in [-0.05, 0) is 29.7 Å². The highest BCUT2D eigenvalue weighted by atomic mass is 16.5. The third-order valence-corrected chi connectivity index (χ3v) is 4.42. The fraction of sp³-hybridized carbons (Fsp3) is 0.381. The largest absolute Gasteiger partial charge is 0.493 e. The Morgan fingerprint density at radius 2 is 1.76 bits per heavy atom. The Bertz CT molecular complexity index is 696. The predicted molar refractivity (Wildman–Crippen MR) is 99.7 cm³/mol. The number of carbonyl (C=O) groups is 1. The molecule has 0 bridgehead atoms. The summed E-state index contributed by atoms with van der Waals surface area (Å²) < 4.78 is 11.3. The van der Waals surface area contributed by atoms with E-state index < -0.39 is 0 Å². The SMILES string of the molecule is CCC(C)(C)C(=O)NCc1ccc(OCc2ccccc2)c(OC)c1. The van der Waals surface area contributed by atoms with Crippen LogP contribution in [0.2, 0.25) is 0 Å². The molecule has 2 rings (SSSR count). The first-order valence-corrected chi connectivity index (χ1v) is 8.58. The zero-order valence-electron chi connectivity index (χ0n) is 15.5. The molecule has 134 valence electrons. The third kappa shape index (κ3) is 5.24. The maximum absolute atomic E-state index is 12.2. The minimum atomic E-state index is -0.358. The molecule has 0 unspecified atom stereocenters. The zero-order valence-corrected chi connectivity index (χ0v) is 15.5. The van der Waals surface area contributed by atoms with Crippen molar-refractivity contribution in [2.45, 2.75) is 40.3 Å². The first kappa shape index (κ1) is 18.8. The maximum atomic E-state index is 12.2. The summed E-state index contributed by atoms with van der Waals surface area (Å²) in [4.78, 5) is 12.2. The van der Waals surface area contributed by atoms with Gasteiger partial charge < -0.3 is 14.8 Å². The van der Waals surface area contributed by atoms with Crippen LogP contribution in [0.15, 0.2) is 48.5 Å². The number of rotatable bonds is 8. The van der Waals surface area contributed by atoms with Crippen LogP contribution in [0, 0.1) is 5.41 Å². The molecule has 0 aliphatic carbocycles. The van der Waals surface area contributed by atoms with Gasteiger partial charge in [-0.25, -0.2) is 0 Å². The molecule has 0 saturated carbocycles. The van der Waals surface area contributed by atoms with Gasteiger partial charge in [0, 0.05) is 12.0 Å². The van der Waals surface area contributed by atoms with Crippen molar-refractivity contribution in [3.63, 3.8) is 0 Å². The van der Waals surface area contributed by atoms with E-state index in [2.05, 4.69) is 5.32 Å². The van der Waals surface area contributed by atoms with Gasteiger partial charge >= 0.3 is 0 Å². The van der Waals surface area contributed by atoms with E-state index in [1.807, 2.05) is 69.3 Å². The van der Waals surface area contributed by atoms with Gasteiger partial charge in [-0.2, -0.15) is 0 Å². The molecular weight excluding hydrogens is 314 g/mol. The second-order valence-electron chi connectivity index (χ2n) is 6.68. The molecule has 4 heteroatoms.